The lowest BCUT2D eigenvalue weighted by atomic mass is 10.0. The average Bonchev–Trinajstić information content (AvgIpc) is 3.27. The second kappa shape index (κ2) is 6.32. The Bertz CT molecular complexity index is 971. The predicted octanol–water partition coefficient (Wildman–Crippen LogP) is 0.939. The Balaban J connectivity index is 2.15. The van der Waals surface area contributed by atoms with Crippen LogP contribution in [0.3, 0.4) is 0 Å². The molecule has 1 aliphatic heterocycles. The van der Waals surface area contributed by atoms with Gasteiger partial charge < -0.3 is 5.11 Å². The number of rotatable bonds is 3. The molecular formula is C16H18N4O4S. The van der Waals surface area contributed by atoms with Crippen molar-refractivity contribution >= 4 is 23.0 Å². The molecule has 1 atom stereocenters. The summed E-state index contributed by atoms with van der Waals surface area (Å²) in [6.45, 7) is 1.74. The van der Waals surface area contributed by atoms with Crippen molar-refractivity contribution in [3.63, 3.8) is 0 Å². The van der Waals surface area contributed by atoms with Crippen LogP contribution in [-0.2, 0) is 18.9 Å². The lowest BCUT2D eigenvalue weighted by Crippen LogP contribution is -2.39. The van der Waals surface area contributed by atoms with E-state index in [0.29, 0.717) is 12.1 Å². The number of aromatic nitrogens is 2. The van der Waals surface area contributed by atoms with Crippen LogP contribution >= 0.6 is 11.3 Å². The molecule has 2 aromatic heterocycles. The second-order valence-corrected chi connectivity index (χ2v) is 6.76. The van der Waals surface area contributed by atoms with Crippen LogP contribution in [-0.4, -0.2) is 30.9 Å². The summed E-state index contributed by atoms with van der Waals surface area (Å²) >= 11 is 1.50. The third-order valence-electron chi connectivity index (χ3n) is 4.26. The third-order valence-corrected chi connectivity index (χ3v) is 5.24. The SMILES string of the molecule is CCC(=O)N1N=C(c2c(O)n(C)c(=O)n(C)c2=O)CC1c1cccs1. The summed E-state index contributed by atoms with van der Waals surface area (Å²) in [5.41, 5.74) is -0.998. The van der Waals surface area contributed by atoms with E-state index in [4.69, 9.17) is 0 Å². The number of carbonyl (C=O) groups is 1. The van der Waals surface area contributed by atoms with Gasteiger partial charge in [-0.05, 0) is 11.4 Å². The monoisotopic (exact) mass is 362 g/mol. The fourth-order valence-electron chi connectivity index (χ4n) is 2.84. The van der Waals surface area contributed by atoms with Crippen LogP contribution < -0.4 is 11.2 Å². The first-order valence-corrected chi connectivity index (χ1v) is 8.67. The fraction of sp³-hybridized carbons (Fsp3) is 0.375. The zero-order valence-electron chi connectivity index (χ0n) is 14.1. The number of thiophene rings is 1. The number of hydrazone groups is 1. The Labute approximate surface area is 147 Å². The first-order valence-electron chi connectivity index (χ1n) is 7.79. The number of nitrogens with zero attached hydrogens (tertiary/aromatic N) is 4. The highest BCUT2D eigenvalue weighted by Crippen LogP contribution is 2.35. The van der Waals surface area contributed by atoms with E-state index in [0.717, 1.165) is 14.0 Å². The van der Waals surface area contributed by atoms with Gasteiger partial charge in [0.05, 0.1) is 11.8 Å². The van der Waals surface area contributed by atoms with E-state index in [1.807, 2.05) is 17.5 Å². The number of amides is 1. The van der Waals surface area contributed by atoms with E-state index in [9.17, 15) is 19.5 Å². The summed E-state index contributed by atoms with van der Waals surface area (Å²) in [6, 6.07) is 3.47. The highest BCUT2D eigenvalue weighted by molar-refractivity contribution is 7.10. The van der Waals surface area contributed by atoms with Gasteiger partial charge in [-0.1, -0.05) is 13.0 Å². The molecule has 0 saturated carbocycles. The Hall–Kier alpha value is -2.68. The van der Waals surface area contributed by atoms with Gasteiger partial charge in [-0.2, -0.15) is 5.10 Å². The summed E-state index contributed by atoms with van der Waals surface area (Å²) in [7, 11) is 2.72. The van der Waals surface area contributed by atoms with E-state index in [-0.39, 0.29) is 23.9 Å². The number of carbonyl (C=O) groups excluding carboxylic acids is 1. The van der Waals surface area contributed by atoms with Gasteiger partial charge in [0.15, 0.2) is 0 Å². The van der Waals surface area contributed by atoms with E-state index in [2.05, 4.69) is 5.10 Å². The maximum atomic E-state index is 12.5. The molecule has 1 N–H and O–H groups in total. The standard InChI is InChI=1S/C16H18N4O4S/c1-4-12(21)20-10(11-6-5-7-25-11)8-9(17-20)13-14(22)18(2)16(24)19(3)15(13)23/h5-7,10,22H,4,8H2,1-3H3. The highest BCUT2D eigenvalue weighted by Gasteiger charge is 2.35. The zero-order chi connectivity index (χ0) is 18.3. The second-order valence-electron chi connectivity index (χ2n) is 5.78. The first-order chi connectivity index (χ1) is 11.9. The Kier molecular flexibility index (Phi) is 4.34. The molecule has 132 valence electrons. The smallest absolute Gasteiger partial charge is 0.333 e. The Morgan fingerprint density at radius 1 is 1.36 bits per heavy atom. The molecule has 2 aromatic rings. The lowest BCUT2D eigenvalue weighted by molar-refractivity contribution is -0.132. The van der Waals surface area contributed by atoms with Gasteiger partial charge in [0.1, 0.15) is 5.56 Å². The van der Waals surface area contributed by atoms with Gasteiger partial charge >= 0.3 is 5.69 Å². The number of aromatic hydroxyl groups is 1. The van der Waals surface area contributed by atoms with Crippen molar-refractivity contribution in [1.82, 2.24) is 14.1 Å². The minimum atomic E-state index is -0.630. The van der Waals surface area contributed by atoms with E-state index in [1.165, 1.54) is 30.4 Å². The molecule has 0 aliphatic carbocycles. The Morgan fingerprint density at radius 2 is 2.08 bits per heavy atom. The topological polar surface area (TPSA) is 96.9 Å². The van der Waals surface area contributed by atoms with Gasteiger partial charge in [-0.15, -0.1) is 11.3 Å². The largest absolute Gasteiger partial charge is 0.494 e. The molecule has 25 heavy (non-hydrogen) atoms. The van der Waals surface area contributed by atoms with Crippen molar-refractivity contribution in [3.8, 4) is 5.88 Å². The van der Waals surface area contributed by atoms with Crippen LogP contribution in [0, 0.1) is 0 Å². The maximum absolute atomic E-state index is 12.5. The summed E-state index contributed by atoms with van der Waals surface area (Å²) in [5, 5.41) is 17.9. The molecule has 0 spiro atoms. The minimum absolute atomic E-state index is 0.0439. The van der Waals surface area contributed by atoms with Crippen molar-refractivity contribution in [2.75, 3.05) is 0 Å². The summed E-state index contributed by atoms with van der Waals surface area (Å²) in [4.78, 5) is 37.6. The van der Waals surface area contributed by atoms with Crippen molar-refractivity contribution < 1.29 is 9.90 Å². The molecule has 0 bridgehead atoms. The summed E-state index contributed by atoms with van der Waals surface area (Å²) in [6.07, 6.45) is 0.573. The molecule has 8 nitrogen and oxygen atoms in total. The molecular weight excluding hydrogens is 344 g/mol. The van der Waals surface area contributed by atoms with Crippen LogP contribution in [0.4, 0.5) is 0 Å². The summed E-state index contributed by atoms with van der Waals surface area (Å²) < 4.78 is 1.91. The van der Waals surface area contributed by atoms with Crippen molar-refractivity contribution in [1.29, 1.82) is 0 Å². The number of hydrogen-bond donors (Lipinski definition) is 1. The molecule has 0 radical (unpaired) electrons. The van der Waals surface area contributed by atoms with E-state index >= 15 is 0 Å². The van der Waals surface area contributed by atoms with Gasteiger partial charge in [0, 0.05) is 31.8 Å². The Morgan fingerprint density at radius 3 is 2.68 bits per heavy atom. The molecule has 1 amide bonds. The normalized spacial score (nSPS) is 17.0. The molecule has 3 heterocycles. The van der Waals surface area contributed by atoms with Crippen molar-refractivity contribution in [3.05, 3.63) is 48.8 Å². The molecule has 0 fully saturated rings. The number of hydrogen-bond acceptors (Lipinski definition) is 6. The molecule has 0 aromatic carbocycles. The minimum Gasteiger partial charge on any atom is -0.494 e. The first kappa shape index (κ1) is 17.2. The van der Waals surface area contributed by atoms with Gasteiger partial charge in [0.2, 0.25) is 11.8 Å². The average molecular weight is 362 g/mol. The molecule has 9 heteroatoms. The molecule has 0 saturated heterocycles. The molecule has 1 unspecified atom stereocenters. The van der Waals surface area contributed by atoms with Crippen LogP contribution in [0.15, 0.2) is 32.2 Å². The zero-order valence-corrected chi connectivity index (χ0v) is 14.9. The van der Waals surface area contributed by atoms with Crippen LogP contribution in [0.2, 0.25) is 0 Å². The van der Waals surface area contributed by atoms with Gasteiger partial charge in [-0.25, -0.2) is 9.80 Å². The van der Waals surface area contributed by atoms with Crippen LogP contribution in [0.25, 0.3) is 0 Å². The molecule has 3 rings (SSSR count). The van der Waals surface area contributed by atoms with Crippen molar-refractivity contribution in [2.45, 2.75) is 25.8 Å². The van der Waals surface area contributed by atoms with E-state index in [1.54, 1.807) is 6.92 Å². The van der Waals surface area contributed by atoms with E-state index < -0.39 is 17.1 Å². The predicted molar refractivity (Wildman–Crippen MR) is 93.9 cm³/mol. The van der Waals surface area contributed by atoms with Gasteiger partial charge in [0.25, 0.3) is 5.56 Å². The lowest BCUT2D eigenvalue weighted by Gasteiger charge is -2.19. The summed E-state index contributed by atoms with van der Waals surface area (Å²) in [5.74, 6) is -0.614. The fourth-order valence-corrected chi connectivity index (χ4v) is 3.65. The van der Waals surface area contributed by atoms with Crippen molar-refractivity contribution in [2.24, 2.45) is 19.2 Å². The maximum Gasteiger partial charge on any atom is 0.333 e. The highest BCUT2D eigenvalue weighted by atomic mass is 32.1. The quantitative estimate of drug-likeness (QED) is 0.879. The van der Waals surface area contributed by atoms with Crippen LogP contribution in [0.1, 0.15) is 36.2 Å². The molecule has 1 aliphatic rings. The van der Waals surface area contributed by atoms with Gasteiger partial charge in [-0.3, -0.25) is 18.7 Å². The van der Waals surface area contributed by atoms with Crippen LogP contribution in [0.5, 0.6) is 5.88 Å². The third kappa shape index (κ3) is 2.70.